The summed E-state index contributed by atoms with van der Waals surface area (Å²) >= 11 is 5.99. The number of nitrogen functional groups attached to an aromatic ring is 1. The summed E-state index contributed by atoms with van der Waals surface area (Å²) in [6.45, 7) is 2.17. The first kappa shape index (κ1) is 21.2. The third kappa shape index (κ3) is 4.09. The molecule has 1 aliphatic rings. The lowest BCUT2D eigenvalue weighted by Crippen LogP contribution is -2.34. The summed E-state index contributed by atoms with van der Waals surface area (Å²) in [6, 6.07) is 6.80. The molecule has 4 aromatic heterocycles. The second-order valence-electron chi connectivity index (χ2n) is 8.09. The van der Waals surface area contributed by atoms with Gasteiger partial charge in [-0.25, -0.2) is 19.9 Å². The van der Waals surface area contributed by atoms with E-state index in [1.54, 1.807) is 47.9 Å². The van der Waals surface area contributed by atoms with Crippen molar-refractivity contribution in [2.75, 3.05) is 5.73 Å². The van der Waals surface area contributed by atoms with Crippen LogP contribution in [-0.4, -0.2) is 35.7 Å². The number of rotatable bonds is 5. The summed E-state index contributed by atoms with van der Waals surface area (Å²) in [7, 11) is 0. The van der Waals surface area contributed by atoms with Gasteiger partial charge in [0.1, 0.15) is 11.6 Å². The third-order valence-electron chi connectivity index (χ3n) is 6.00. The number of fused-ring (bicyclic) bond motifs is 3. The molecule has 0 fully saturated rings. The molecule has 9 heteroatoms. The Bertz CT molecular complexity index is 1330. The van der Waals surface area contributed by atoms with Gasteiger partial charge in [0.15, 0.2) is 5.65 Å². The molecular formula is C24H22ClN7O. The highest BCUT2D eigenvalue weighted by Crippen LogP contribution is 2.32. The predicted molar refractivity (Wildman–Crippen MR) is 126 cm³/mol. The number of halogens is 1. The van der Waals surface area contributed by atoms with Gasteiger partial charge in [0.05, 0.1) is 28.9 Å². The fourth-order valence-electron chi connectivity index (χ4n) is 4.28. The van der Waals surface area contributed by atoms with Gasteiger partial charge >= 0.3 is 0 Å². The summed E-state index contributed by atoms with van der Waals surface area (Å²) in [5.41, 5.74) is 10.1. The maximum absolute atomic E-state index is 13.8. The van der Waals surface area contributed by atoms with Crippen LogP contribution in [-0.2, 0) is 19.4 Å². The molecule has 0 aliphatic heterocycles. The number of nitrogens with two attached hydrogens (primary N) is 1. The number of anilines is 1. The molecule has 33 heavy (non-hydrogen) atoms. The van der Waals surface area contributed by atoms with Crippen LogP contribution in [0, 0.1) is 0 Å². The van der Waals surface area contributed by atoms with Gasteiger partial charge in [-0.1, -0.05) is 11.6 Å². The first-order valence-corrected chi connectivity index (χ1v) is 11.1. The summed E-state index contributed by atoms with van der Waals surface area (Å²) in [4.78, 5) is 37.5. The first-order valence-electron chi connectivity index (χ1n) is 10.8. The van der Waals surface area contributed by atoms with Crippen molar-refractivity contribution in [3.05, 3.63) is 82.3 Å². The van der Waals surface area contributed by atoms with Gasteiger partial charge in [0.25, 0.3) is 5.91 Å². The Hall–Kier alpha value is -3.65. The van der Waals surface area contributed by atoms with E-state index >= 15 is 0 Å². The summed E-state index contributed by atoms with van der Waals surface area (Å²) in [5, 5.41) is 1.42. The molecule has 1 aliphatic carbocycles. The molecule has 8 nitrogen and oxygen atoms in total. The molecule has 0 aromatic carbocycles. The second kappa shape index (κ2) is 8.71. The van der Waals surface area contributed by atoms with Crippen molar-refractivity contribution in [3.8, 4) is 0 Å². The van der Waals surface area contributed by atoms with E-state index in [1.165, 1.54) is 0 Å². The van der Waals surface area contributed by atoms with Gasteiger partial charge in [-0.15, -0.1) is 0 Å². The Labute approximate surface area is 195 Å². The molecule has 0 bridgehead atoms. The third-order valence-corrected chi connectivity index (χ3v) is 6.22. The van der Waals surface area contributed by atoms with Crippen molar-refractivity contribution in [2.45, 2.75) is 38.8 Å². The zero-order chi connectivity index (χ0) is 22.9. The molecule has 1 amide bonds. The summed E-state index contributed by atoms with van der Waals surface area (Å²) < 4.78 is 0. The zero-order valence-corrected chi connectivity index (χ0v) is 18.8. The topological polar surface area (TPSA) is 111 Å². The number of carbonyl (C=O) groups is 1. The number of carbonyl (C=O) groups excluding carboxylic acids is 1. The number of amides is 1. The summed E-state index contributed by atoms with van der Waals surface area (Å²) in [6.07, 6.45) is 9.29. The standard InChI is InChI=1S/C24H22ClN7O/c1-14(22-27-8-3-9-28-22)32(13-17-7-6-16(25)12-29-17)24(33)15-10-20-18-4-2-5-19(18)21(26)31-23(20)30-11-15/h3,6-12,14H,2,4-5,13H2,1H3,(H2,26,30,31)/t14-/m1/s1. The van der Waals surface area contributed by atoms with Crippen molar-refractivity contribution in [3.63, 3.8) is 0 Å². The molecule has 0 spiro atoms. The van der Waals surface area contributed by atoms with Crippen LogP contribution in [0.5, 0.6) is 0 Å². The van der Waals surface area contributed by atoms with E-state index in [0.717, 1.165) is 35.8 Å². The second-order valence-corrected chi connectivity index (χ2v) is 8.52. The highest BCUT2D eigenvalue weighted by Gasteiger charge is 2.27. The predicted octanol–water partition coefficient (Wildman–Crippen LogP) is 3.94. The van der Waals surface area contributed by atoms with E-state index in [-0.39, 0.29) is 18.5 Å². The van der Waals surface area contributed by atoms with Crippen LogP contribution in [0.3, 0.4) is 0 Å². The average Bonchev–Trinajstić information content (AvgIpc) is 3.34. The van der Waals surface area contributed by atoms with E-state index in [0.29, 0.717) is 33.6 Å². The molecule has 0 radical (unpaired) electrons. The lowest BCUT2D eigenvalue weighted by atomic mass is 10.0. The number of pyridine rings is 3. The van der Waals surface area contributed by atoms with Crippen LogP contribution in [0.15, 0.2) is 49.1 Å². The van der Waals surface area contributed by atoms with Crippen molar-refractivity contribution in [1.82, 2.24) is 29.8 Å². The van der Waals surface area contributed by atoms with Crippen LogP contribution in [0.25, 0.3) is 11.0 Å². The molecule has 4 aromatic rings. The Balaban J connectivity index is 1.55. The minimum Gasteiger partial charge on any atom is -0.383 e. The van der Waals surface area contributed by atoms with Crippen molar-refractivity contribution >= 4 is 34.4 Å². The molecule has 5 rings (SSSR count). The summed E-state index contributed by atoms with van der Waals surface area (Å²) in [5.74, 6) is 0.889. The number of nitrogens with zero attached hydrogens (tertiary/aromatic N) is 6. The quantitative estimate of drug-likeness (QED) is 0.481. The smallest absolute Gasteiger partial charge is 0.256 e. The van der Waals surface area contributed by atoms with Gasteiger partial charge in [0.2, 0.25) is 0 Å². The Morgan fingerprint density at radius 2 is 1.91 bits per heavy atom. The largest absolute Gasteiger partial charge is 0.383 e. The van der Waals surface area contributed by atoms with Crippen LogP contribution in [0.4, 0.5) is 5.82 Å². The number of aromatic nitrogens is 5. The Morgan fingerprint density at radius 1 is 1.12 bits per heavy atom. The Kier molecular flexibility index (Phi) is 5.60. The maximum Gasteiger partial charge on any atom is 0.256 e. The van der Waals surface area contributed by atoms with Crippen LogP contribution >= 0.6 is 11.6 Å². The maximum atomic E-state index is 13.8. The number of aryl methyl sites for hydroxylation is 1. The molecular weight excluding hydrogens is 438 g/mol. The Morgan fingerprint density at radius 3 is 2.67 bits per heavy atom. The minimum atomic E-state index is -0.387. The van der Waals surface area contributed by atoms with E-state index in [1.807, 2.05) is 13.0 Å². The van der Waals surface area contributed by atoms with E-state index in [4.69, 9.17) is 17.3 Å². The van der Waals surface area contributed by atoms with Gasteiger partial charge in [-0.2, -0.15) is 0 Å². The van der Waals surface area contributed by atoms with Gasteiger partial charge < -0.3 is 10.6 Å². The highest BCUT2D eigenvalue weighted by atomic mass is 35.5. The van der Waals surface area contributed by atoms with Gasteiger partial charge in [-0.3, -0.25) is 9.78 Å². The van der Waals surface area contributed by atoms with Gasteiger partial charge in [-0.05, 0) is 61.6 Å². The minimum absolute atomic E-state index is 0.190. The molecule has 0 unspecified atom stereocenters. The van der Waals surface area contributed by atoms with Crippen molar-refractivity contribution in [1.29, 1.82) is 0 Å². The molecule has 4 heterocycles. The highest BCUT2D eigenvalue weighted by molar-refractivity contribution is 6.30. The van der Waals surface area contributed by atoms with E-state index in [9.17, 15) is 4.79 Å². The fourth-order valence-corrected chi connectivity index (χ4v) is 4.39. The monoisotopic (exact) mass is 459 g/mol. The number of hydrogen-bond donors (Lipinski definition) is 1. The molecule has 2 N–H and O–H groups in total. The zero-order valence-electron chi connectivity index (χ0n) is 18.1. The normalized spacial score (nSPS) is 13.6. The van der Waals surface area contributed by atoms with E-state index < -0.39 is 0 Å². The molecule has 0 saturated heterocycles. The molecule has 166 valence electrons. The number of hydrogen-bond acceptors (Lipinski definition) is 7. The van der Waals surface area contributed by atoms with Crippen molar-refractivity contribution < 1.29 is 4.79 Å². The van der Waals surface area contributed by atoms with Crippen LogP contribution < -0.4 is 5.73 Å². The van der Waals surface area contributed by atoms with Crippen LogP contribution in [0.1, 0.15) is 52.4 Å². The van der Waals surface area contributed by atoms with E-state index in [2.05, 4.69) is 24.9 Å². The van der Waals surface area contributed by atoms with Crippen molar-refractivity contribution in [2.24, 2.45) is 0 Å². The molecule has 0 saturated carbocycles. The van der Waals surface area contributed by atoms with Gasteiger partial charge in [0, 0.05) is 30.2 Å². The fraction of sp³-hybridized carbons (Fsp3) is 0.250. The lowest BCUT2D eigenvalue weighted by Gasteiger charge is -2.28. The molecule has 1 atom stereocenters. The SMILES string of the molecule is C[C@H](c1ncccn1)N(Cc1ccc(Cl)cn1)C(=O)c1cnc2nc(N)c3c(c2c1)CCC3. The first-order chi connectivity index (χ1) is 16.0. The average molecular weight is 460 g/mol. The lowest BCUT2D eigenvalue weighted by molar-refractivity contribution is 0.0663. The van der Waals surface area contributed by atoms with Crippen LogP contribution in [0.2, 0.25) is 5.02 Å².